The Bertz CT molecular complexity index is 1200. The number of methoxy groups -OCH3 is 1. The first kappa shape index (κ1) is 23.2. The van der Waals surface area contributed by atoms with Crippen molar-refractivity contribution in [2.24, 2.45) is 0 Å². The first-order chi connectivity index (χ1) is 16.9. The van der Waals surface area contributed by atoms with E-state index in [0.29, 0.717) is 17.9 Å². The number of pyridine rings is 1. The number of aromatic nitrogens is 3. The van der Waals surface area contributed by atoms with Crippen molar-refractivity contribution >= 4 is 11.7 Å². The summed E-state index contributed by atoms with van der Waals surface area (Å²) < 4.78 is 48.7. The molecule has 2 aliphatic rings. The lowest BCUT2D eigenvalue weighted by Gasteiger charge is -2.37. The molecule has 3 aromatic rings. The van der Waals surface area contributed by atoms with Gasteiger partial charge in [-0.3, -0.25) is 9.78 Å². The molecule has 5 rings (SSSR count). The molecule has 35 heavy (non-hydrogen) atoms. The van der Waals surface area contributed by atoms with Gasteiger partial charge >= 0.3 is 6.18 Å². The number of halogens is 3. The van der Waals surface area contributed by atoms with Crippen LogP contribution in [0, 0.1) is 0 Å². The van der Waals surface area contributed by atoms with Crippen LogP contribution in [0.3, 0.4) is 0 Å². The quantitative estimate of drug-likeness (QED) is 0.542. The van der Waals surface area contributed by atoms with E-state index in [1.807, 2.05) is 12.1 Å². The molecule has 3 atom stereocenters. The van der Waals surface area contributed by atoms with Gasteiger partial charge in [-0.2, -0.15) is 18.3 Å². The third kappa shape index (κ3) is 4.33. The summed E-state index contributed by atoms with van der Waals surface area (Å²) in [5, 5.41) is 7.21. The predicted molar refractivity (Wildman–Crippen MR) is 123 cm³/mol. The number of piperidine rings is 1. The van der Waals surface area contributed by atoms with Gasteiger partial charge in [0.05, 0.1) is 25.4 Å². The maximum absolute atomic E-state index is 14.1. The van der Waals surface area contributed by atoms with Gasteiger partial charge in [0.25, 0.3) is 5.91 Å². The number of para-hydroxylation sites is 1. The van der Waals surface area contributed by atoms with Crippen molar-refractivity contribution in [3.05, 3.63) is 71.7 Å². The van der Waals surface area contributed by atoms with E-state index in [-0.39, 0.29) is 29.8 Å². The van der Waals surface area contributed by atoms with Crippen LogP contribution < -0.4 is 10.1 Å². The summed E-state index contributed by atoms with van der Waals surface area (Å²) in [6, 6.07) is 7.95. The Kier molecular flexibility index (Phi) is 6.12. The minimum Gasteiger partial charge on any atom is -0.496 e. The fourth-order valence-corrected chi connectivity index (χ4v) is 5.13. The number of nitrogens with one attached hydrogen (secondary N) is 1. The van der Waals surface area contributed by atoms with Crippen LogP contribution in [0.25, 0.3) is 0 Å². The number of ether oxygens (including phenoxy) is 1. The second-order valence-electron chi connectivity index (χ2n) is 8.88. The van der Waals surface area contributed by atoms with Crippen LogP contribution in [0.15, 0.2) is 55.0 Å². The lowest BCUT2D eigenvalue weighted by atomic mass is 9.94. The van der Waals surface area contributed by atoms with E-state index in [1.165, 1.54) is 13.3 Å². The van der Waals surface area contributed by atoms with Gasteiger partial charge in [-0.15, -0.1) is 0 Å². The molecule has 0 saturated carbocycles. The largest absolute Gasteiger partial charge is 0.496 e. The van der Waals surface area contributed by atoms with Crippen LogP contribution in [0.5, 0.6) is 5.75 Å². The van der Waals surface area contributed by atoms with Crippen LogP contribution >= 0.6 is 0 Å². The molecule has 184 valence electrons. The number of rotatable bonds is 4. The van der Waals surface area contributed by atoms with Crippen molar-refractivity contribution in [2.75, 3.05) is 19.0 Å². The lowest BCUT2D eigenvalue weighted by molar-refractivity contribution is -0.173. The van der Waals surface area contributed by atoms with E-state index in [4.69, 9.17) is 4.74 Å². The summed E-state index contributed by atoms with van der Waals surface area (Å²) in [7, 11) is 1.48. The van der Waals surface area contributed by atoms with Crippen LogP contribution in [0.1, 0.15) is 65.3 Å². The Morgan fingerprint density at radius 2 is 1.97 bits per heavy atom. The van der Waals surface area contributed by atoms with Crippen LogP contribution in [0.2, 0.25) is 0 Å². The van der Waals surface area contributed by atoms with E-state index < -0.39 is 18.3 Å². The van der Waals surface area contributed by atoms with Crippen LogP contribution in [-0.2, 0) is 0 Å². The topological polar surface area (TPSA) is 72.3 Å². The highest BCUT2D eigenvalue weighted by Crippen LogP contribution is 2.46. The van der Waals surface area contributed by atoms with Crippen molar-refractivity contribution in [3.63, 3.8) is 0 Å². The highest BCUT2D eigenvalue weighted by molar-refractivity contribution is 5.99. The fraction of sp³-hybridized carbons (Fsp3) is 0.400. The molecule has 4 heterocycles. The summed E-state index contributed by atoms with van der Waals surface area (Å²) in [4.78, 5) is 19.7. The Balaban J connectivity index is 1.53. The molecule has 2 aromatic heterocycles. The second-order valence-corrected chi connectivity index (χ2v) is 8.88. The highest BCUT2D eigenvalue weighted by atomic mass is 19.4. The zero-order valence-electron chi connectivity index (χ0n) is 19.2. The van der Waals surface area contributed by atoms with Crippen molar-refractivity contribution in [3.8, 4) is 5.75 Å². The molecule has 0 bridgehead atoms. The zero-order chi connectivity index (χ0) is 24.6. The number of anilines is 1. The van der Waals surface area contributed by atoms with Gasteiger partial charge < -0.3 is 15.0 Å². The Hall–Kier alpha value is -3.56. The molecule has 0 spiro atoms. The Morgan fingerprint density at radius 1 is 1.14 bits per heavy atom. The van der Waals surface area contributed by atoms with Crippen LogP contribution in [0.4, 0.5) is 19.0 Å². The normalized spacial score (nSPS) is 22.3. The highest BCUT2D eigenvalue weighted by Gasteiger charge is 2.48. The standard InChI is InChI=1S/C25H26F3N5O2/c1-35-21-10-3-2-8-17(21)19-13-22(25(26,27)28)33-23(31-19)18(15-30-33)24(34)32-12-5-4-9-20(32)16-7-6-11-29-14-16/h2-3,6-8,10-11,14-15,19-20,22,31H,4-5,9,12-13H2,1H3/t19-,20+,22-/m0/s1. The third-order valence-electron chi connectivity index (χ3n) is 6.82. The molecular weight excluding hydrogens is 459 g/mol. The Labute approximate surface area is 200 Å². The van der Waals surface area contributed by atoms with Gasteiger partial charge in [0.2, 0.25) is 0 Å². The molecule has 1 N–H and O–H groups in total. The first-order valence-corrected chi connectivity index (χ1v) is 11.6. The van der Waals surface area contributed by atoms with Gasteiger partial charge in [0, 0.05) is 30.9 Å². The van der Waals surface area contributed by atoms with Crippen molar-refractivity contribution < 1.29 is 22.7 Å². The maximum atomic E-state index is 14.1. The first-order valence-electron chi connectivity index (χ1n) is 11.6. The summed E-state index contributed by atoms with van der Waals surface area (Å²) in [5.74, 6) is 0.225. The van der Waals surface area contributed by atoms with Gasteiger partial charge in [-0.25, -0.2) is 4.68 Å². The number of nitrogens with zero attached hydrogens (tertiary/aromatic N) is 4. The molecule has 10 heteroatoms. The van der Waals surface area contributed by atoms with Gasteiger partial charge in [-0.1, -0.05) is 24.3 Å². The number of likely N-dealkylation sites (tertiary alicyclic amines) is 1. The molecule has 7 nitrogen and oxygen atoms in total. The van der Waals surface area contributed by atoms with E-state index >= 15 is 0 Å². The SMILES string of the molecule is COc1ccccc1[C@@H]1C[C@@H](C(F)(F)F)n2ncc(C(=O)N3CCCC[C@@H]3c3cccnc3)c2N1. The number of hydrogen-bond donors (Lipinski definition) is 1. The van der Waals surface area contributed by atoms with Gasteiger partial charge in [0.15, 0.2) is 6.04 Å². The molecule has 1 aromatic carbocycles. The average molecular weight is 486 g/mol. The number of carbonyl (C=O) groups excluding carboxylic acids is 1. The number of hydrogen-bond acceptors (Lipinski definition) is 5. The van der Waals surface area contributed by atoms with E-state index in [2.05, 4.69) is 15.4 Å². The smallest absolute Gasteiger partial charge is 0.410 e. The summed E-state index contributed by atoms with van der Waals surface area (Å²) in [6.07, 6.45) is 2.41. The van der Waals surface area contributed by atoms with Crippen molar-refractivity contribution in [2.45, 2.75) is 50.0 Å². The molecule has 0 radical (unpaired) electrons. The number of amides is 1. The third-order valence-corrected chi connectivity index (χ3v) is 6.82. The molecule has 2 aliphatic heterocycles. The van der Waals surface area contributed by atoms with E-state index in [9.17, 15) is 18.0 Å². The lowest BCUT2D eigenvalue weighted by Crippen LogP contribution is -2.40. The van der Waals surface area contributed by atoms with Gasteiger partial charge in [0.1, 0.15) is 17.1 Å². The number of benzene rings is 1. The molecule has 1 saturated heterocycles. The van der Waals surface area contributed by atoms with Crippen molar-refractivity contribution in [1.82, 2.24) is 19.7 Å². The fourth-order valence-electron chi connectivity index (χ4n) is 5.13. The molecule has 0 aliphatic carbocycles. The zero-order valence-corrected chi connectivity index (χ0v) is 19.2. The molecular formula is C25H26F3N5O2. The molecule has 0 unspecified atom stereocenters. The van der Waals surface area contributed by atoms with E-state index in [1.54, 1.807) is 41.6 Å². The molecule has 1 amide bonds. The number of alkyl halides is 3. The van der Waals surface area contributed by atoms with Crippen molar-refractivity contribution in [1.29, 1.82) is 0 Å². The molecule has 1 fully saturated rings. The number of fused-ring (bicyclic) bond motifs is 1. The average Bonchev–Trinajstić information content (AvgIpc) is 3.31. The maximum Gasteiger partial charge on any atom is 0.410 e. The minimum absolute atomic E-state index is 0.0787. The second kappa shape index (κ2) is 9.24. The minimum atomic E-state index is -4.53. The van der Waals surface area contributed by atoms with Gasteiger partial charge in [-0.05, 0) is 37.0 Å². The summed E-state index contributed by atoms with van der Waals surface area (Å²) >= 11 is 0. The Morgan fingerprint density at radius 3 is 2.71 bits per heavy atom. The summed E-state index contributed by atoms with van der Waals surface area (Å²) in [6.45, 7) is 0.516. The van der Waals surface area contributed by atoms with E-state index in [0.717, 1.165) is 29.5 Å². The number of carbonyl (C=O) groups is 1. The van der Waals surface area contributed by atoms with Crippen LogP contribution in [-0.4, -0.2) is 45.4 Å². The monoisotopic (exact) mass is 485 g/mol. The summed E-state index contributed by atoms with van der Waals surface area (Å²) in [5.41, 5.74) is 1.64. The predicted octanol–water partition coefficient (Wildman–Crippen LogP) is 5.31.